The van der Waals surface area contributed by atoms with E-state index < -0.39 is 12.1 Å². The third kappa shape index (κ3) is 6.12. The predicted molar refractivity (Wildman–Crippen MR) is 124 cm³/mol. The molecule has 188 valence electrons. The maximum atomic E-state index is 13.2. The van der Waals surface area contributed by atoms with Crippen molar-refractivity contribution in [3.05, 3.63) is 11.6 Å². The average Bonchev–Trinajstić information content (AvgIpc) is 3.38. The van der Waals surface area contributed by atoms with Gasteiger partial charge in [-0.1, -0.05) is 13.8 Å². The number of nitrogens with zero attached hydrogens (tertiary/aromatic N) is 5. The van der Waals surface area contributed by atoms with Gasteiger partial charge < -0.3 is 20.4 Å². The van der Waals surface area contributed by atoms with Gasteiger partial charge in [0.15, 0.2) is 0 Å². The third-order valence-corrected chi connectivity index (χ3v) is 6.50. The summed E-state index contributed by atoms with van der Waals surface area (Å²) in [5, 5.41) is 10.4. The molecule has 1 fully saturated rings. The molecule has 0 aliphatic carbocycles. The largest absolute Gasteiger partial charge is 0.344 e. The number of hydrogen-bond donors (Lipinski definition) is 2. The minimum atomic E-state index is -0.644. The van der Waals surface area contributed by atoms with E-state index in [1.54, 1.807) is 30.5 Å². The molecule has 3 rings (SSSR count). The summed E-state index contributed by atoms with van der Waals surface area (Å²) in [6, 6.07) is -1.55. The molecule has 1 aromatic heterocycles. The van der Waals surface area contributed by atoms with Crippen molar-refractivity contribution in [2.24, 2.45) is 5.92 Å². The summed E-state index contributed by atoms with van der Waals surface area (Å²) >= 11 is 0. The molecule has 3 heterocycles. The van der Waals surface area contributed by atoms with E-state index in [0.717, 1.165) is 0 Å². The van der Waals surface area contributed by atoms with Crippen LogP contribution in [-0.4, -0.2) is 80.4 Å². The van der Waals surface area contributed by atoms with Crippen LogP contribution in [0, 0.1) is 12.8 Å². The van der Waals surface area contributed by atoms with Crippen molar-refractivity contribution in [3.63, 3.8) is 0 Å². The highest BCUT2D eigenvalue weighted by molar-refractivity contribution is 5.91. The van der Waals surface area contributed by atoms with E-state index in [9.17, 15) is 19.2 Å². The molecule has 2 aliphatic heterocycles. The van der Waals surface area contributed by atoms with E-state index in [1.165, 1.54) is 4.90 Å². The van der Waals surface area contributed by atoms with Gasteiger partial charge in [-0.05, 0) is 39.0 Å². The summed E-state index contributed by atoms with van der Waals surface area (Å²) in [5.41, 5.74) is 0. The minimum Gasteiger partial charge on any atom is -0.344 e. The fourth-order valence-corrected chi connectivity index (χ4v) is 4.44. The number of likely N-dealkylation sites (N-methyl/N-ethyl adjacent to an activating group) is 1. The molecule has 3 atom stereocenters. The lowest BCUT2D eigenvalue weighted by molar-refractivity contribution is -0.139. The molecule has 0 aromatic carbocycles. The third-order valence-electron chi connectivity index (χ3n) is 6.50. The number of amides is 4. The van der Waals surface area contributed by atoms with Gasteiger partial charge in [0, 0.05) is 33.0 Å². The smallest absolute Gasteiger partial charge is 0.245 e. The van der Waals surface area contributed by atoms with Crippen molar-refractivity contribution < 1.29 is 19.2 Å². The molecule has 4 amide bonds. The van der Waals surface area contributed by atoms with E-state index in [-0.39, 0.29) is 42.0 Å². The lowest BCUT2D eigenvalue weighted by atomic mass is 10.0. The zero-order valence-electron chi connectivity index (χ0n) is 20.8. The number of fused-ring (bicyclic) bond motifs is 1. The highest BCUT2D eigenvalue weighted by Crippen LogP contribution is 2.21. The molecule has 34 heavy (non-hydrogen) atoms. The number of carbonyl (C=O) groups excluding carboxylic acids is 4. The molecular weight excluding hydrogens is 438 g/mol. The normalized spacial score (nSPS) is 25.1. The molecule has 2 N–H and O–H groups in total. The molecule has 0 radical (unpaired) electrons. The Morgan fingerprint density at radius 2 is 1.85 bits per heavy atom. The van der Waals surface area contributed by atoms with E-state index in [4.69, 9.17) is 0 Å². The van der Waals surface area contributed by atoms with Crippen molar-refractivity contribution in [1.82, 2.24) is 35.2 Å². The van der Waals surface area contributed by atoms with Crippen molar-refractivity contribution >= 4 is 23.6 Å². The van der Waals surface area contributed by atoms with E-state index in [2.05, 4.69) is 34.6 Å². The summed E-state index contributed by atoms with van der Waals surface area (Å²) in [6.45, 7) is 8.79. The summed E-state index contributed by atoms with van der Waals surface area (Å²) in [5.74, 6) is 0.863. The number of hydrogen-bond acceptors (Lipinski definition) is 6. The van der Waals surface area contributed by atoms with Gasteiger partial charge in [0.25, 0.3) is 0 Å². The van der Waals surface area contributed by atoms with Crippen LogP contribution in [0.2, 0.25) is 0 Å². The Labute approximate surface area is 200 Å². The summed E-state index contributed by atoms with van der Waals surface area (Å²) < 4.78 is 1.77. The Morgan fingerprint density at radius 1 is 1.12 bits per heavy atom. The Kier molecular flexibility index (Phi) is 8.27. The van der Waals surface area contributed by atoms with Gasteiger partial charge in [0.2, 0.25) is 23.6 Å². The molecule has 1 saturated heterocycles. The lowest BCUT2D eigenvalue weighted by Gasteiger charge is -2.30. The maximum Gasteiger partial charge on any atom is 0.245 e. The number of nitrogens with one attached hydrogen (secondary N) is 2. The first-order valence-corrected chi connectivity index (χ1v) is 12.1. The summed E-state index contributed by atoms with van der Waals surface area (Å²) in [7, 11) is 1.62. The predicted octanol–water partition coefficient (Wildman–Crippen LogP) is 0.538. The van der Waals surface area contributed by atoms with Crippen LogP contribution in [0.25, 0.3) is 0 Å². The van der Waals surface area contributed by atoms with Crippen molar-refractivity contribution in [2.75, 3.05) is 20.1 Å². The maximum absolute atomic E-state index is 13.2. The van der Waals surface area contributed by atoms with Crippen LogP contribution in [0.1, 0.15) is 70.6 Å². The second-order valence-electron chi connectivity index (χ2n) is 9.70. The van der Waals surface area contributed by atoms with Crippen LogP contribution in [0.3, 0.4) is 0 Å². The standard InChI is InChI=1S/C23H37N7O4/c1-14(2)13-18-21-24-16(4)27-30(21)12-11-29(23(34)17-8-9-19(31)25-17)10-6-7-20(32)28(5)15(3)22(33)26-18/h14-15,17-18H,6-13H2,1-5H3,(H,25,31)(H,26,33)/t15-,17-,18+/m0/s1. The van der Waals surface area contributed by atoms with E-state index in [0.29, 0.717) is 57.0 Å². The van der Waals surface area contributed by atoms with Gasteiger partial charge in [-0.3, -0.25) is 19.2 Å². The quantitative estimate of drug-likeness (QED) is 0.656. The molecule has 0 spiro atoms. The number of rotatable bonds is 3. The molecule has 1 aromatic rings. The van der Waals surface area contributed by atoms with Crippen molar-refractivity contribution in [1.29, 1.82) is 0 Å². The Balaban J connectivity index is 1.91. The second-order valence-corrected chi connectivity index (χ2v) is 9.70. The van der Waals surface area contributed by atoms with Crippen molar-refractivity contribution in [2.45, 2.75) is 84.5 Å². The Hall–Kier alpha value is -2.98. The molecule has 11 nitrogen and oxygen atoms in total. The van der Waals surface area contributed by atoms with Gasteiger partial charge in [0.05, 0.1) is 12.6 Å². The number of aryl methyl sites for hydroxylation is 1. The second kappa shape index (κ2) is 11.0. The van der Waals surface area contributed by atoms with Crippen LogP contribution >= 0.6 is 0 Å². The van der Waals surface area contributed by atoms with Crippen molar-refractivity contribution in [3.8, 4) is 0 Å². The lowest BCUT2D eigenvalue weighted by Crippen LogP contribution is -2.48. The average molecular weight is 476 g/mol. The SMILES string of the molecule is Cc1nc2n(n1)CCN(C(=O)[C@@H]1CCC(=O)N1)CCCC(=O)N(C)[C@@H](C)C(=O)N[C@@H]2CC(C)C. The van der Waals surface area contributed by atoms with Crippen LogP contribution < -0.4 is 10.6 Å². The van der Waals surface area contributed by atoms with E-state index >= 15 is 0 Å². The van der Waals surface area contributed by atoms with Crippen LogP contribution in [0.15, 0.2) is 0 Å². The van der Waals surface area contributed by atoms with Crippen LogP contribution in [0.5, 0.6) is 0 Å². The number of carbonyl (C=O) groups is 4. The Morgan fingerprint density at radius 3 is 2.50 bits per heavy atom. The Bertz CT molecular complexity index is 928. The first-order chi connectivity index (χ1) is 16.1. The fourth-order valence-electron chi connectivity index (χ4n) is 4.44. The monoisotopic (exact) mass is 475 g/mol. The van der Waals surface area contributed by atoms with Gasteiger partial charge in [-0.25, -0.2) is 9.67 Å². The summed E-state index contributed by atoms with van der Waals surface area (Å²) in [4.78, 5) is 58.3. The highest BCUT2D eigenvalue weighted by atomic mass is 16.2. The molecule has 2 aliphatic rings. The molecular formula is C23H37N7O4. The minimum absolute atomic E-state index is 0.118. The molecule has 0 unspecified atom stereocenters. The zero-order valence-corrected chi connectivity index (χ0v) is 20.8. The van der Waals surface area contributed by atoms with Gasteiger partial charge in [-0.15, -0.1) is 0 Å². The van der Waals surface area contributed by atoms with Gasteiger partial charge in [0.1, 0.15) is 23.7 Å². The molecule has 0 saturated carbocycles. The summed E-state index contributed by atoms with van der Waals surface area (Å²) in [6.07, 6.45) is 2.16. The first-order valence-electron chi connectivity index (χ1n) is 12.1. The fraction of sp³-hybridized carbons (Fsp3) is 0.739. The topological polar surface area (TPSA) is 130 Å². The van der Waals surface area contributed by atoms with E-state index in [1.807, 2.05) is 0 Å². The van der Waals surface area contributed by atoms with Gasteiger partial charge >= 0.3 is 0 Å². The van der Waals surface area contributed by atoms with Crippen LogP contribution in [-0.2, 0) is 25.7 Å². The molecule has 0 bridgehead atoms. The molecule has 11 heteroatoms. The first kappa shape index (κ1) is 25.6. The van der Waals surface area contributed by atoms with Crippen LogP contribution in [0.4, 0.5) is 0 Å². The number of aromatic nitrogens is 3. The highest BCUT2D eigenvalue weighted by Gasteiger charge is 2.32. The van der Waals surface area contributed by atoms with Gasteiger partial charge in [-0.2, -0.15) is 5.10 Å². The zero-order chi connectivity index (χ0) is 25.0.